The first-order valence-electron chi connectivity index (χ1n) is 10.8. The van der Waals surface area contributed by atoms with Crippen LogP contribution in [0.4, 0.5) is 5.82 Å². The number of carbonyl (C=O) groups excluding carboxylic acids is 1. The fraction of sp³-hybridized carbons (Fsp3) is 0.476. The lowest BCUT2D eigenvalue weighted by atomic mass is 9.97. The average Bonchev–Trinajstić information content (AvgIpc) is 3.36. The van der Waals surface area contributed by atoms with E-state index in [4.69, 9.17) is 15.6 Å². The summed E-state index contributed by atoms with van der Waals surface area (Å²) >= 11 is 0. The van der Waals surface area contributed by atoms with Gasteiger partial charge in [0.1, 0.15) is 11.8 Å². The Kier molecular flexibility index (Phi) is 6.53. The quantitative estimate of drug-likeness (QED) is 0.349. The zero-order valence-corrected chi connectivity index (χ0v) is 18.4. The molecule has 1 unspecified atom stereocenters. The second-order valence-electron chi connectivity index (χ2n) is 7.97. The van der Waals surface area contributed by atoms with Gasteiger partial charge in [-0.05, 0) is 38.8 Å². The van der Waals surface area contributed by atoms with Crippen molar-refractivity contribution >= 4 is 28.9 Å². The minimum Gasteiger partial charge on any atom is -0.506 e. The number of nitrogens with zero attached hydrogens (tertiary/aromatic N) is 5. The Bertz CT molecular complexity index is 1210. The van der Waals surface area contributed by atoms with E-state index in [0.717, 1.165) is 0 Å². The van der Waals surface area contributed by atoms with E-state index in [0.29, 0.717) is 39.0 Å². The highest BCUT2D eigenvalue weighted by atomic mass is 16.5. The normalized spacial score (nSPS) is 21.2. The number of carboxylic acids is 1. The summed E-state index contributed by atoms with van der Waals surface area (Å²) in [6.07, 6.45) is -0.229. The number of aliphatic hydroxyl groups excluding tert-OH is 2. The predicted molar refractivity (Wildman–Crippen MR) is 118 cm³/mol. The highest BCUT2D eigenvalue weighted by molar-refractivity contribution is 5.92. The molecule has 0 aromatic carbocycles. The van der Waals surface area contributed by atoms with Crippen molar-refractivity contribution in [2.45, 2.75) is 32.1 Å². The van der Waals surface area contributed by atoms with Gasteiger partial charge in [-0.1, -0.05) is 5.92 Å². The summed E-state index contributed by atoms with van der Waals surface area (Å²) in [5, 5.41) is 32.2. The van der Waals surface area contributed by atoms with Crippen LogP contribution in [0.15, 0.2) is 17.8 Å². The maximum absolute atomic E-state index is 12.1. The number of rotatable bonds is 5. The van der Waals surface area contributed by atoms with E-state index in [1.807, 2.05) is 0 Å². The van der Waals surface area contributed by atoms with Gasteiger partial charge in [0, 0.05) is 6.54 Å². The van der Waals surface area contributed by atoms with Crippen LogP contribution in [0.25, 0.3) is 11.2 Å². The number of nitrogen functional groups attached to an aromatic ring is 1. The molecule has 2 aromatic rings. The minimum atomic E-state index is -1.52. The number of ether oxygens (including phenoxy) is 1. The van der Waals surface area contributed by atoms with Gasteiger partial charge in [0.15, 0.2) is 23.3 Å². The van der Waals surface area contributed by atoms with Gasteiger partial charge in [-0.15, -0.1) is 0 Å². The van der Waals surface area contributed by atoms with Gasteiger partial charge in [0.25, 0.3) is 5.91 Å². The van der Waals surface area contributed by atoms with Gasteiger partial charge < -0.3 is 31.1 Å². The number of aromatic nitrogens is 4. The molecule has 13 nitrogen and oxygen atoms in total. The first-order chi connectivity index (χ1) is 16.3. The van der Waals surface area contributed by atoms with E-state index in [1.165, 1.54) is 10.9 Å². The molecule has 34 heavy (non-hydrogen) atoms. The first kappa shape index (κ1) is 23.3. The third-order valence-electron chi connectivity index (χ3n) is 5.73. The highest BCUT2D eigenvalue weighted by Crippen LogP contribution is 2.33. The molecule has 2 atom stereocenters. The van der Waals surface area contributed by atoms with Crippen LogP contribution in [0.2, 0.25) is 0 Å². The van der Waals surface area contributed by atoms with Crippen LogP contribution >= 0.6 is 0 Å². The third kappa shape index (κ3) is 4.45. The summed E-state index contributed by atoms with van der Waals surface area (Å²) in [6.45, 7) is 3.73. The Morgan fingerprint density at radius 3 is 2.74 bits per heavy atom. The summed E-state index contributed by atoms with van der Waals surface area (Å²) < 4.78 is 6.87. The molecule has 180 valence electrons. The van der Waals surface area contributed by atoms with Gasteiger partial charge in [-0.3, -0.25) is 19.1 Å². The largest absolute Gasteiger partial charge is 0.506 e. The molecule has 2 aliphatic rings. The number of hydrogen-bond donors (Lipinski definition) is 5. The molecule has 6 N–H and O–H groups in total. The number of nitrogens with one attached hydrogen (secondary N) is 1. The number of amides is 1. The number of carbonyl (C=O) groups is 2. The Morgan fingerprint density at radius 2 is 2.06 bits per heavy atom. The van der Waals surface area contributed by atoms with E-state index in [-0.39, 0.29) is 34.5 Å². The molecule has 0 radical (unpaired) electrons. The maximum atomic E-state index is 12.1. The summed E-state index contributed by atoms with van der Waals surface area (Å²) in [6, 6.07) is 0. The number of aliphatic hydroxyl groups is 2. The fourth-order valence-electron chi connectivity index (χ4n) is 3.88. The summed E-state index contributed by atoms with van der Waals surface area (Å²) in [7, 11) is 0. The zero-order valence-electron chi connectivity index (χ0n) is 18.4. The predicted octanol–water partition coefficient (Wildman–Crippen LogP) is -0.648. The number of nitrogens with two attached hydrogens (primary N) is 1. The molecular formula is C21H25N7O6. The molecular weight excluding hydrogens is 446 g/mol. The van der Waals surface area contributed by atoms with E-state index in [2.05, 4.69) is 37.0 Å². The molecule has 1 saturated heterocycles. The fourth-order valence-corrected chi connectivity index (χ4v) is 3.88. The van der Waals surface area contributed by atoms with Crippen molar-refractivity contribution in [2.24, 2.45) is 5.92 Å². The van der Waals surface area contributed by atoms with Gasteiger partial charge >= 0.3 is 5.97 Å². The van der Waals surface area contributed by atoms with Crippen molar-refractivity contribution in [1.29, 1.82) is 0 Å². The van der Waals surface area contributed by atoms with E-state index in [1.54, 1.807) is 6.92 Å². The molecule has 0 bridgehead atoms. The number of likely N-dealkylation sites (tertiary alicyclic amines) is 1. The first-order valence-corrected chi connectivity index (χ1v) is 10.8. The number of anilines is 1. The van der Waals surface area contributed by atoms with Crippen molar-refractivity contribution in [3.8, 4) is 11.8 Å². The molecule has 0 spiro atoms. The third-order valence-corrected chi connectivity index (χ3v) is 5.73. The highest BCUT2D eigenvalue weighted by Gasteiger charge is 2.41. The number of carboxylic acid groups (broad SMARTS) is 1. The Morgan fingerprint density at radius 1 is 1.32 bits per heavy atom. The second-order valence-corrected chi connectivity index (χ2v) is 7.97. The smallest absolute Gasteiger partial charge is 0.306 e. The number of likely N-dealkylation sites (N-methyl/N-ethyl adjacent to an activating group) is 1. The molecule has 1 amide bonds. The molecule has 2 aromatic heterocycles. The topological polar surface area (TPSA) is 189 Å². The van der Waals surface area contributed by atoms with Crippen LogP contribution < -0.4 is 11.1 Å². The van der Waals surface area contributed by atoms with Crippen molar-refractivity contribution in [2.75, 3.05) is 31.9 Å². The number of piperidine rings is 1. The van der Waals surface area contributed by atoms with Gasteiger partial charge in [-0.25, -0.2) is 15.0 Å². The van der Waals surface area contributed by atoms with Crippen LogP contribution in [-0.4, -0.2) is 83.9 Å². The number of hydrogen-bond acceptors (Lipinski definition) is 10. The van der Waals surface area contributed by atoms with Crippen molar-refractivity contribution in [1.82, 2.24) is 29.7 Å². The van der Waals surface area contributed by atoms with Crippen LogP contribution in [0.1, 0.15) is 31.8 Å². The maximum Gasteiger partial charge on any atom is 0.306 e. The molecule has 1 fully saturated rings. The van der Waals surface area contributed by atoms with Crippen molar-refractivity contribution < 1.29 is 29.6 Å². The Hall–Kier alpha value is -3.89. The molecule has 4 rings (SSSR count). The minimum absolute atomic E-state index is 0.0731. The molecule has 0 saturated carbocycles. The monoisotopic (exact) mass is 471 g/mol. The number of aliphatic carboxylic acids is 1. The Balaban J connectivity index is 1.52. The lowest BCUT2D eigenvalue weighted by Crippen LogP contribution is -2.36. The zero-order chi connectivity index (χ0) is 24.4. The standard InChI is InChI=1S/C21H25N7O6/c1-2-23-19(31)16-14(29)15(30)20(34-16)28-10-24-13-17(22)25-12(26-18(13)28)4-3-7-27-8-5-11(6-9-27)21(32)33/h10-11,15,20,29-30H,2,5-9H2,1H3,(H,23,31)(H,32,33)(H2,22,25,26)/t15?,20-/m1/s1. The van der Waals surface area contributed by atoms with E-state index < -0.39 is 30.0 Å². The Labute approximate surface area is 194 Å². The van der Waals surface area contributed by atoms with Crippen molar-refractivity contribution in [3.63, 3.8) is 0 Å². The van der Waals surface area contributed by atoms with Crippen LogP contribution in [0.3, 0.4) is 0 Å². The summed E-state index contributed by atoms with van der Waals surface area (Å²) in [4.78, 5) is 37.9. The second kappa shape index (κ2) is 9.54. The lowest BCUT2D eigenvalue weighted by molar-refractivity contribution is -0.143. The molecule has 4 heterocycles. The van der Waals surface area contributed by atoms with Crippen LogP contribution in [-0.2, 0) is 14.3 Å². The van der Waals surface area contributed by atoms with E-state index >= 15 is 0 Å². The molecule has 13 heteroatoms. The lowest BCUT2D eigenvalue weighted by Gasteiger charge is -2.28. The SMILES string of the molecule is CCNC(=O)C1=C(O)C(O)[C@H](n2cnc3c(N)nc(C#CCN4CCC(C(=O)O)CC4)nc32)O1. The summed E-state index contributed by atoms with van der Waals surface area (Å²) in [5.74, 6) is 3.32. The van der Waals surface area contributed by atoms with Gasteiger partial charge in [0.05, 0.1) is 12.5 Å². The van der Waals surface area contributed by atoms with Crippen LogP contribution in [0, 0.1) is 17.8 Å². The molecule has 2 aliphatic heterocycles. The molecule has 0 aliphatic carbocycles. The summed E-state index contributed by atoms with van der Waals surface area (Å²) in [5.41, 5.74) is 6.48. The van der Waals surface area contributed by atoms with Crippen LogP contribution in [0.5, 0.6) is 0 Å². The van der Waals surface area contributed by atoms with E-state index in [9.17, 15) is 19.8 Å². The van der Waals surface area contributed by atoms with Crippen molar-refractivity contribution in [3.05, 3.63) is 23.7 Å². The van der Waals surface area contributed by atoms with Gasteiger partial charge in [0.2, 0.25) is 17.8 Å². The number of fused-ring (bicyclic) bond motifs is 1. The number of imidazole rings is 1. The van der Waals surface area contributed by atoms with Gasteiger partial charge in [-0.2, -0.15) is 0 Å². The average molecular weight is 471 g/mol.